The maximum absolute atomic E-state index is 12.6. The molecule has 2 aliphatic rings. The molecule has 1 aromatic heterocycles. The molecular formula is C14H19N3O2S. The Hall–Kier alpha value is -1.43. The zero-order chi connectivity index (χ0) is 14.2. The normalized spacial score (nSPS) is 26.1. The van der Waals surface area contributed by atoms with Gasteiger partial charge in [0.15, 0.2) is 0 Å². The Morgan fingerprint density at radius 3 is 3.00 bits per heavy atom. The molecule has 6 heteroatoms. The Balaban J connectivity index is 1.77. The second-order valence-corrected chi connectivity index (χ2v) is 6.64. The first-order chi connectivity index (χ1) is 9.62. The lowest BCUT2D eigenvalue weighted by atomic mass is 9.86. The molecule has 1 N–H and O–H groups in total. The van der Waals surface area contributed by atoms with Crippen molar-refractivity contribution in [1.29, 1.82) is 0 Å². The molecule has 1 atom stereocenters. The highest BCUT2D eigenvalue weighted by molar-refractivity contribution is 7.09. The number of nitrogens with one attached hydrogen (secondary N) is 1. The molecule has 3 heterocycles. The molecular weight excluding hydrogens is 274 g/mol. The number of likely N-dealkylation sites (tertiary alicyclic amines) is 1. The van der Waals surface area contributed by atoms with Gasteiger partial charge in [0.1, 0.15) is 5.54 Å². The number of nitrogens with zero attached hydrogens (tertiary/aromatic N) is 2. The smallest absolute Gasteiger partial charge is 0.245 e. The topological polar surface area (TPSA) is 62.3 Å². The fourth-order valence-corrected chi connectivity index (χ4v) is 3.95. The van der Waals surface area contributed by atoms with Gasteiger partial charge in [0, 0.05) is 18.5 Å². The Bertz CT molecular complexity index is 542. The summed E-state index contributed by atoms with van der Waals surface area (Å²) in [6.45, 7) is 3.35. The Morgan fingerprint density at radius 1 is 1.50 bits per heavy atom. The third-order valence-corrected chi connectivity index (χ3v) is 5.09. The number of amides is 2. The molecule has 2 aliphatic heterocycles. The molecule has 20 heavy (non-hydrogen) atoms. The first kappa shape index (κ1) is 13.5. The first-order valence-corrected chi connectivity index (χ1v) is 7.99. The standard InChI is InChI=1S/C14H19N3O2S/c1-10-16-11(9-20-10)8-12(18)17-7-3-5-14(17)4-2-6-15-13(14)19/h9H,2-8H2,1H3,(H,15,19). The Morgan fingerprint density at radius 2 is 2.30 bits per heavy atom. The van der Waals surface area contributed by atoms with Gasteiger partial charge in [-0.3, -0.25) is 9.59 Å². The number of hydrogen-bond acceptors (Lipinski definition) is 4. The predicted molar refractivity (Wildman–Crippen MR) is 76.5 cm³/mol. The van der Waals surface area contributed by atoms with E-state index in [1.807, 2.05) is 12.3 Å². The predicted octanol–water partition coefficient (Wildman–Crippen LogP) is 1.27. The van der Waals surface area contributed by atoms with Crippen LogP contribution in [0, 0.1) is 6.92 Å². The molecule has 0 aliphatic carbocycles. The largest absolute Gasteiger partial charge is 0.354 e. The van der Waals surface area contributed by atoms with E-state index in [-0.39, 0.29) is 11.8 Å². The monoisotopic (exact) mass is 293 g/mol. The average molecular weight is 293 g/mol. The van der Waals surface area contributed by atoms with E-state index < -0.39 is 5.54 Å². The highest BCUT2D eigenvalue weighted by Crippen LogP contribution is 2.36. The van der Waals surface area contributed by atoms with E-state index in [4.69, 9.17) is 0 Å². The molecule has 2 amide bonds. The van der Waals surface area contributed by atoms with E-state index >= 15 is 0 Å². The third kappa shape index (κ3) is 2.22. The third-order valence-electron chi connectivity index (χ3n) is 4.26. The van der Waals surface area contributed by atoms with Crippen LogP contribution in [0.3, 0.4) is 0 Å². The summed E-state index contributed by atoms with van der Waals surface area (Å²) in [4.78, 5) is 31.0. The first-order valence-electron chi connectivity index (χ1n) is 7.12. The number of rotatable bonds is 2. The summed E-state index contributed by atoms with van der Waals surface area (Å²) in [5.41, 5.74) is 0.233. The Kier molecular flexibility index (Phi) is 3.50. The molecule has 2 fully saturated rings. The molecule has 1 aromatic rings. The van der Waals surface area contributed by atoms with Crippen molar-refractivity contribution in [3.63, 3.8) is 0 Å². The van der Waals surface area contributed by atoms with E-state index in [0.717, 1.165) is 42.9 Å². The lowest BCUT2D eigenvalue weighted by Crippen LogP contribution is -2.60. The van der Waals surface area contributed by atoms with Crippen molar-refractivity contribution >= 4 is 23.2 Å². The van der Waals surface area contributed by atoms with Crippen LogP contribution in [0.1, 0.15) is 36.4 Å². The lowest BCUT2D eigenvalue weighted by molar-refractivity contribution is -0.146. The van der Waals surface area contributed by atoms with Crippen LogP contribution in [0.4, 0.5) is 0 Å². The van der Waals surface area contributed by atoms with Crippen LogP contribution in [0.15, 0.2) is 5.38 Å². The van der Waals surface area contributed by atoms with Crippen molar-refractivity contribution < 1.29 is 9.59 Å². The zero-order valence-corrected chi connectivity index (χ0v) is 12.5. The molecule has 0 saturated carbocycles. The SMILES string of the molecule is Cc1nc(CC(=O)N2CCCC23CCCNC3=O)cs1. The van der Waals surface area contributed by atoms with Gasteiger partial charge in [-0.1, -0.05) is 0 Å². The van der Waals surface area contributed by atoms with Gasteiger partial charge >= 0.3 is 0 Å². The highest BCUT2D eigenvalue weighted by atomic mass is 32.1. The van der Waals surface area contributed by atoms with Crippen molar-refractivity contribution in [2.45, 2.75) is 44.6 Å². The number of piperidine rings is 1. The number of aromatic nitrogens is 1. The van der Waals surface area contributed by atoms with E-state index in [9.17, 15) is 9.59 Å². The number of carbonyl (C=O) groups is 2. The number of aryl methyl sites for hydroxylation is 1. The molecule has 1 spiro atoms. The minimum absolute atomic E-state index is 0.0315. The molecule has 1 unspecified atom stereocenters. The summed E-state index contributed by atoms with van der Waals surface area (Å²) >= 11 is 1.56. The number of thiazole rings is 1. The fraction of sp³-hybridized carbons (Fsp3) is 0.643. The Labute approximate surface area is 122 Å². The highest BCUT2D eigenvalue weighted by Gasteiger charge is 2.50. The summed E-state index contributed by atoms with van der Waals surface area (Å²) in [6, 6.07) is 0. The van der Waals surface area contributed by atoms with Crippen LogP contribution in [0.25, 0.3) is 0 Å². The second-order valence-electron chi connectivity index (χ2n) is 5.57. The van der Waals surface area contributed by atoms with Crippen molar-refractivity contribution in [2.24, 2.45) is 0 Å². The lowest BCUT2D eigenvalue weighted by Gasteiger charge is -2.40. The molecule has 0 aromatic carbocycles. The van der Waals surface area contributed by atoms with Crippen LogP contribution in [-0.2, 0) is 16.0 Å². The van der Waals surface area contributed by atoms with Crippen molar-refractivity contribution in [3.8, 4) is 0 Å². The summed E-state index contributed by atoms with van der Waals surface area (Å²) in [5, 5.41) is 5.82. The zero-order valence-electron chi connectivity index (χ0n) is 11.6. The van der Waals surface area contributed by atoms with Crippen molar-refractivity contribution in [2.75, 3.05) is 13.1 Å². The number of carbonyl (C=O) groups excluding carboxylic acids is 2. The van der Waals surface area contributed by atoms with Gasteiger partial charge in [-0.15, -0.1) is 11.3 Å². The van der Waals surface area contributed by atoms with Gasteiger partial charge in [0.25, 0.3) is 0 Å². The summed E-state index contributed by atoms with van der Waals surface area (Å²) < 4.78 is 0. The average Bonchev–Trinajstić information content (AvgIpc) is 3.01. The van der Waals surface area contributed by atoms with E-state index in [1.54, 1.807) is 16.2 Å². The minimum atomic E-state index is -0.583. The maximum atomic E-state index is 12.6. The molecule has 5 nitrogen and oxygen atoms in total. The molecule has 0 radical (unpaired) electrons. The fourth-order valence-electron chi connectivity index (χ4n) is 3.34. The molecule has 108 valence electrons. The van der Waals surface area contributed by atoms with Crippen LogP contribution in [0.5, 0.6) is 0 Å². The maximum Gasteiger partial charge on any atom is 0.245 e. The van der Waals surface area contributed by atoms with Crippen LogP contribution in [0.2, 0.25) is 0 Å². The van der Waals surface area contributed by atoms with Gasteiger partial charge in [-0.2, -0.15) is 0 Å². The summed E-state index contributed by atoms with van der Waals surface area (Å²) in [6.07, 6.45) is 3.75. The second kappa shape index (κ2) is 5.16. The van der Waals surface area contributed by atoms with Gasteiger partial charge in [-0.05, 0) is 32.6 Å². The van der Waals surface area contributed by atoms with Gasteiger partial charge < -0.3 is 10.2 Å². The molecule has 2 saturated heterocycles. The van der Waals surface area contributed by atoms with E-state index in [0.29, 0.717) is 13.0 Å². The van der Waals surface area contributed by atoms with E-state index in [1.165, 1.54) is 0 Å². The van der Waals surface area contributed by atoms with Crippen molar-refractivity contribution in [1.82, 2.24) is 15.2 Å². The quantitative estimate of drug-likeness (QED) is 0.893. The number of hydrogen-bond donors (Lipinski definition) is 1. The summed E-state index contributed by atoms with van der Waals surface area (Å²) in [5.74, 6) is 0.0638. The van der Waals surface area contributed by atoms with Crippen LogP contribution < -0.4 is 5.32 Å². The summed E-state index contributed by atoms with van der Waals surface area (Å²) in [7, 11) is 0. The molecule has 0 bridgehead atoms. The van der Waals surface area contributed by atoms with Crippen LogP contribution in [-0.4, -0.2) is 40.3 Å². The molecule has 3 rings (SSSR count). The van der Waals surface area contributed by atoms with Gasteiger partial charge in [-0.25, -0.2) is 4.98 Å². The van der Waals surface area contributed by atoms with E-state index in [2.05, 4.69) is 10.3 Å². The minimum Gasteiger partial charge on any atom is -0.354 e. The van der Waals surface area contributed by atoms with Gasteiger partial charge in [0.05, 0.1) is 17.1 Å². The van der Waals surface area contributed by atoms with Gasteiger partial charge in [0.2, 0.25) is 11.8 Å². The van der Waals surface area contributed by atoms with Crippen LogP contribution >= 0.6 is 11.3 Å². The van der Waals surface area contributed by atoms with Crippen molar-refractivity contribution in [3.05, 3.63) is 16.1 Å².